The van der Waals surface area contributed by atoms with Crippen molar-refractivity contribution in [3.63, 3.8) is 0 Å². The fraction of sp³-hybridized carbons (Fsp3) is 0.0357. The Kier molecular flexibility index (Phi) is 19.4. The van der Waals surface area contributed by atoms with E-state index in [-0.39, 0.29) is 165 Å². The molecule has 0 amide bonds. The Bertz CT molecular complexity index is 2020. The minimum absolute atomic E-state index is 0. The standard InChI is InChI=1S/C28H22N10O10.4Na/c39-20(40)13-5-12(11-48-47)6-18(8-13)31-25-33-23(35-27(45)37-25)29-16-1-3-17(4-2-16)30-24-34-26(38-28(46)36-24)32-19-9-14(21(41)42)7-15(10-19)22(43)44;;;;/h1-10,47H,11H2,(H,39,40)(H,41,42)(H,43,44)(H3,29,31,33,35,37,45)(H3,30,32,34,36,38,46);;;;/q;4*+1/p-4. The van der Waals surface area contributed by atoms with Crippen LogP contribution < -0.4 is 160 Å². The molecule has 3 aromatic carbocycles. The number of anilines is 8. The van der Waals surface area contributed by atoms with E-state index in [4.69, 9.17) is 0 Å². The van der Waals surface area contributed by atoms with Gasteiger partial charge in [-0.2, -0.15) is 29.9 Å². The number of benzene rings is 3. The average Bonchev–Trinajstić information content (AvgIpc) is 3.01. The quantitative estimate of drug-likeness (QED) is 0.0370. The van der Waals surface area contributed by atoms with Gasteiger partial charge in [0, 0.05) is 22.7 Å². The van der Waals surface area contributed by atoms with Crippen LogP contribution in [-0.2, 0) is 11.5 Å². The second-order valence-electron chi connectivity index (χ2n) is 9.48. The molecule has 20 nitrogen and oxygen atoms in total. The minimum Gasteiger partial charge on any atom is -0.723 e. The molecule has 0 aliphatic heterocycles. The maximum Gasteiger partial charge on any atom is 1.00 e. The first-order valence-electron chi connectivity index (χ1n) is 13.2. The molecule has 2 aromatic heterocycles. The van der Waals surface area contributed by atoms with Gasteiger partial charge in [0.25, 0.3) is 0 Å². The van der Waals surface area contributed by atoms with Gasteiger partial charge in [0.15, 0.2) is 0 Å². The van der Waals surface area contributed by atoms with Gasteiger partial charge < -0.3 is 71.3 Å². The third-order valence-corrected chi connectivity index (χ3v) is 6.02. The SMILES string of the molecule is O=C([O-])c1cc(CO[O-])cc(Nc2nc(O)nc(Nc3ccc(Nc4nc(O)nc(Nc5cc(C(=O)[O-])cc(C(=O)[O-])c5)n4)cc3)n2)c1.[Na+].[Na+].[Na+].[Na+]. The monoisotopic (exact) mass is 746 g/mol. The number of rotatable bonds is 13. The average molecular weight is 746 g/mol. The Hall–Kier alpha value is -3.19. The molecule has 24 heteroatoms. The van der Waals surface area contributed by atoms with E-state index >= 15 is 0 Å². The van der Waals surface area contributed by atoms with Gasteiger partial charge in [-0.25, -0.2) is 0 Å². The summed E-state index contributed by atoms with van der Waals surface area (Å²) in [6, 6.07) is 11.7. The third-order valence-electron chi connectivity index (χ3n) is 6.02. The fourth-order valence-corrected chi connectivity index (χ4v) is 4.08. The second-order valence-corrected chi connectivity index (χ2v) is 9.48. The molecule has 52 heavy (non-hydrogen) atoms. The van der Waals surface area contributed by atoms with Gasteiger partial charge in [-0.15, -0.1) is 0 Å². The van der Waals surface area contributed by atoms with Gasteiger partial charge in [-0.1, -0.05) is 0 Å². The van der Waals surface area contributed by atoms with E-state index in [1.807, 2.05) is 0 Å². The van der Waals surface area contributed by atoms with Crippen LogP contribution in [0.5, 0.6) is 12.0 Å². The predicted molar refractivity (Wildman–Crippen MR) is 153 cm³/mol. The van der Waals surface area contributed by atoms with Crippen LogP contribution in [-0.4, -0.2) is 58.0 Å². The number of carboxylic acid groups (broad SMARTS) is 3. The smallest absolute Gasteiger partial charge is 0.723 e. The van der Waals surface area contributed by atoms with Crippen molar-refractivity contribution >= 4 is 64.5 Å². The number of nitrogens with zero attached hydrogens (tertiary/aromatic N) is 6. The van der Waals surface area contributed by atoms with Gasteiger partial charge in [0.1, 0.15) is 0 Å². The Morgan fingerprint density at radius 3 is 1.19 bits per heavy atom. The summed E-state index contributed by atoms with van der Waals surface area (Å²) in [6.45, 7) is -0.420. The van der Waals surface area contributed by atoms with E-state index in [0.717, 1.165) is 18.2 Å². The summed E-state index contributed by atoms with van der Waals surface area (Å²) >= 11 is 0. The first-order valence-corrected chi connectivity index (χ1v) is 13.2. The largest absolute Gasteiger partial charge is 1.00 e. The number of aromatic hydroxyl groups is 2. The Balaban J connectivity index is 0.00000338. The van der Waals surface area contributed by atoms with E-state index in [1.54, 1.807) is 24.3 Å². The molecule has 0 bridgehead atoms. The van der Waals surface area contributed by atoms with Crippen LogP contribution in [0.2, 0.25) is 0 Å². The Morgan fingerprint density at radius 2 is 0.846 bits per heavy atom. The summed E-state index contributed by atoms with van der Waals surface area (Å²) in [5, 5.41) is 75.5. The van der Waals surface area contributed by atoms with Crippen molar-refractivity contribution in [3.8, 4) is 12.0 Å². The van der Waals surface area contributed by atoms with E-state index in [9.17, 15) is 45.2 Å². The number of nitrogens with one attached hydrogen (secondary N) is 4. The maximum absolute atomic E-state index is 11.3. The van der Waals surface area contributed by atoms with Crippen molar-refractivity contribution in [1.82, 2.24) is 29.9 Å². The summed E-state index contributed by atoms with van der Waals surface area (Å²) in [7, 11) is 0. The molecular weight excluding hydrogens is 728 g/mol. The van der Waals surface area contributed by atoms with Crippen molar-refractivity contribution in [1.29, 1.82) is 0 Å². The Labute approximate surface area is 381 Å². The molecule has 0 aliphatic carbocycles. The van der Waals surface area contributed by atoms with E-state index in [1.165, 1.54) is 18.2 Å². The molecule has 0 atom stereocenters. The molecule has 0 unspecified atom stereocenters. The number of aromatic carboxylic acids is 3. The van der Waals surface area contributed by atoms with Crippen LogP contribution in [0.25, 0.3) is 0 Å². The molecular formula is C28H18N10Na4O10. The normalized spacial score (nSPS) is 9.79. The summed E-state index contributed by atoms with van der Waals surface area (Å²) in [6.07, 6.45) is 0. The molecule has 0 radical (unpaired) electrons. The number of carbonyl (C=O) groups excluding carboxylic acids is 3. The summed E-state index contributed by atoms with van der Waals surface area (Å²) < 4.78 is 0. The third kappa shape index (κ3) is 13.3. The molecule has 0 aliphatic rings. The summed E-state index contributed by atoms with van der Waals surface area (Å²) in [5.41, 5.74) is 0.0534. The van der Waals surface area contributed by atoms with Crippen LogP contribution in [0.15, 0.2) is 60.7 Å². The van der Waals surface area contributed by atoms with Gasteiger partial charge in [-0.3, -0.25) is 0 Å². The molecule has 0 fully saturated rings. The predicted octanol–water partition coefficient (Wildman–Crippen LogP) is -13.7. The number of hydrogen-bond donors (Lipinski definition) is 6. The van der Waals surface area contributed by atoms with Crippen molar-refractivity contribution in [3.05, 3.63) is 82.9 Å². The number of hydrogen-bond acceptors (Lipinski definition) is 20. The van der Waals surface area contributed by atoms with Gasteiger partial charge in [0.05, 0.1) is 24.5 Å². The van der Waals surface area contributed by atoms with Crippen LogP contribution in [0.3, 0.4) is 0 Å². The van der Waals surface area contributed by atoms with Crippen molar-refractivity contribution in [2.24, 2.45) is 0 Å². The number of aromatic nitrogens is 6. The van der Waals surface area contributed by atoms with Gasteiger partial charge >= 0.3 is 130 Å². The van der Waals surface area contributed by atoms with E-state index in [0.29, 0.717) is 11.4 Å². The van der Waals surface area contributed by atoms with Gasteiger partial charge in [0.2, 0.25) is 23.8 Å². The van der Waals surface area contributed by atoms with Crippen molar-refractivity contribution in [2.75, 3.05) is 21.3 Å². The van der Waals surface area contributed by atoms with E-state index < -0.39 is 47.7 Å². The maximum atomic E-state index is 11.3. The number of carboxylic acids is 3. The molecule has 244 valence electrons. The molecule has 0 spiro atoms. The molecule has 0 saturated carbocycles. The molecule has 5 rings (SSSR count). The van der Waals surface area contributed by atoms with Crippen LogP contribution in [0.1, 0.15) is 36.6 Å². The number of carbonyl (C=O) groups is 3. The zero-order valence-electron chi connectivity index (χ0n) is 27.8. The van der Waals surface area contributed by atoms with Crippen LogP contribution in [0.4, 0.5) is 46.5 Å². The first-order chi connectivity index (χ1) is 22.9. The minimum atomic E-state index is -1.63. The molecule has 0 saturated heterocycles. The van der Waals surface area contributed by atoms with Crippen LogP contribution >= 0.6 is 0 Å². The first kappa shape index (κ1) is 46.8. The van der Waals surface area contributed by atoms with Gasteiger partial charge in [-0.05, 0) is 82.9 Å². The molecule has 6 N–H and O–H groups in total. The summed E-state index contributed by atoms with van der Waals surface area (Å²) in [4.78, 5) is 61.0. The zero-order chi connectivity index (χ0) is 34.4. The van der Waals surface area contributed by atoms with E-state index in [2.05, 4.69) is 56.1 Å². The summed E-state index contributed by atoms with van der Waals surface area (Å²) in [5.74, 6) is -5.44. The fourth-order valence-electron chi connectivity index (χ4n) is 4.08. The zero-order valence-corrected chi connectivity index (χ0v) is 35.8. The van der Waals surface area contributed by atoms with Crippen molar-refractivity contribution < 1.29 is 168 Å². The van der Waals surface area contributed by atoms with Crippen molar-refractivity contribution in [2.45, 2.75) is 6.61 Å². The molecule has 5 aromatic rings. The topological polar surface area (TPSA) is 319 Å². The Morgan fingerprint density at radius 1 is 0.519 bits per heavy atom. The van der Waals surface area contributed by atoms with Crippen LogP contribution in [0, 0.1) is 0 Å². The second kappa shape index (κ2) is 21.5. The molecule has 2 heterocycles.